The molecule has 0 radical (unpaired) electrons. The summed E-state index contributed by atoms with van der Waals surface area (Å²) in [5, 5.41) is 13.2. The Bertz CT molecular complexity index is 1260. The van der Waals surface area contributed by atoms with E-state index >= 15 is 0 Å². The van der Waals surface area contributed by atoms with Crippen LogP contribution in [0.5, 0.6) is 0 Å². The van der Waals surface area contributed by atoms with Gasteiger partial charge in [0, 0.05) is 51.9 Å². The number of nitrogens with zero attached hydrogens (tertiary/aromatic N) is 6. The van der Waals surface area contributed by atoms with Gasteiger partial charge in [-0.2, -0.15) is 0 Å². The normalized spacial score (nSPS) is 22.8. The highest BCUT2D eigenvalue weighted by atomic mass is 32.1. The molecule has 2 N–H and O–H groups in total. The number of pyridine rings is 1. The van der Waals surface area contributed by atoms with Gasteiger partial charge in [0.1, 0.15) is 5.82 Å². The SMILES string of the molecule is CN(C)C(=O)c1sc2cnc(Nc3ccc(N4CCN5C[C@H](O)C[C@@H]5C4)cn3)nc2c1C1CCCC1. The minimum atomic E-state index is -0.202. The zero-order valence-electron chi connectivity index (χ0n) is 20.9. The van der Waals surface area contributed by atoms with Crippen molar-refractivity contribution in [1.29, 1.82) is 0 Å². The second-order valence-corrected chi connectivity index (χ2v) is 11.5. The third kappa shape index (κ3) is 4.42. The van der Waals surface area contributed by atoms with E-state index in [0.717, 1.165) is 71.8 Å². The van der Waals surface area contributed by atoms with E-state index in [9.17, 15) is 9.90 Å². The van der Waals surface area contributed by atoms with Crippen LogP contribution in [-0.2, 0) is 0 Å². The van der Waals surface area contributed by atoms with Crippen molar-refractivity contribution >= 4 is 44.9 Å². The van der Waals surface area contributed by atoms with Gasteiger partial charge >= 0.3 is 0 Å². The average Bonchev–Trinajstić information content (AvgIpc) is 3.60. The lowest BCUT2D eigenvalue weighted by Gasteiger charge is -2.38. The van der Waals surface area contributed by atoms with Crippen LogP contribution in [0.1, 0.15) is 53.3 Å². The standard InChI is InChI=1S/C26H33N7O2S/c1-31(2)25(35)24-22(16-5-3-4-6-16)23-20(36-24)13-28-26(30-23)29-21-8-7-17(12-27-21)32-9-10-33-15-19(34)11-18(33)14-32/h7-8,12-13,16,18-19,34H,3-6,9-11,14-15H2,1-2H3,(H,27,28,29,30)/t18-,19-/m1/s1. The maximum absolute atomic E-state index is 13.0. The number of amides is 1. The number of hydrogen-bond donors (Lipinski definition) is 2. The fraction of sp³-hybridized carbons (Fsp3) is 0.538. The van der Waals surface area contributed by atoms with E-state index in [1.165, 1.54) is 24.2 Å². The summed E-state index contributed by atoms with van der Waals surface area (Å²) in [6, 6.07) is 4.46. The molecule has 9 nitrogen and oxygen atoms in total. The molecule has 0 bridgehead atoms. The summed E-state index contributed by atoms with van der Waals surface area (Å²) >= 11 is 1.50. The van der Waals surface area contributed by atoms with Gasteiger partial charge < -0.3 is 20.2 Å². The zero-order chi connectivity index (χ0) is 24.8. The maximum Gasteiger partial charge on any atom is 0.263 e. The molecular formula is C26H33N7O2S. The molecule has 2 atom stereocenters. The number of fused-ring (bicyclic) bond motifs is 2. The summed E-state index contributed by atoms with van der Waals surface area (Å²) in [5.41, 5.74) is 3.07. The van der Waals surface area contributed by atoms with Crippen LogP contribution in [0.15, 0.2) is 24.5 Å². The van der Waals surface area contributed by atoms with Crippen molar-refractivity contribution in [3.8, 4) is 0 Å². The number of aliphatic hydroxyl groups excluding tert-OH is 1. The van der Waals surface area contributed by atoms with Gasteiger partial charge in [0.15, 0.2) is 0 Å². The van der Waals surface area contributed by atoms with Crippen LogP contribution in [-0.4, -0.2) is 88.2 Å². The molecular weight excluding hydrogens is 474 g/mol. The second-order valence-electron chi connectivity index (χ2n) is 10.4. The first kappa shape index (κ1) is 23.6. The number of carbonyl (C=O) groups is 1. The summed E-state index contributed by atoms with van der Waals surface area (Å²) in [6.07, 6.45) is 8.95. The molecule has 1 amide bonds. The van der Waals surface area contributed by atoms with Gasteiger partial charge in [-0.05, 0) is 37.3 Å². The van der Waals surface area contributed by atoms with Gasteiger partial charge in [0.2, 0.25) is 5.95 Å². The Morgan fingerprint density at radius 2 is 1.97 bits per heavy atom. The number of nitrogens with one attached hydrogen (secondary N) is 1. The van der Waals surface area contributed by atoms with Gasteiger partial charge in [-0.1, -0.05) is 12.8 Å². The van der Waals surface area contributed by atoms with Crippen LogP contribution in [0.4, 0.5) is 17.5 Å². The van der Waals surface area contributed by atoms with Crippen molar-refractivity contribution < 1.29 is 9.90 Å². The average molecular weight is 508 g/mol. The second kappa shape index (κ2) is 9.57. The molecule has 5 heterocycles. The van der Waals surface area contributed by atoms with E-state index < -0.39 is 0 Å². The van der Waals surface area contributed by atoms with Gasteiger partial charge in [-0.3, -0.25) is 9.69 Å². The first-order valence-corrected chi connectivity index (χ1v) is 13.7. The third-order valence-electron chi connectivity index (χ3n) is 7.78. The molecule has 0 spiro atoms. The van der Waals surface area contributed by atoms with Crippen LogP contribution in [0.2, 0.25) is 0 Å². The Balaban J connectivity index is 1.22. The van der Waals surface area contributed by atoms with Gasteiger partial charge in [-0.15, -0.1) is 11.3 Å². The van der Waals surface area contributed by atoms with E-state index in [1.807, 2.05) is 18.5 Å². The molecule has 0 aromatic carbocycles. The fourth-order valence-electron chi connectivity index (χ4n) is 5.94. The molecule has 0 unspecified atom stereocenters. The monoisotopic (exact) mass is 507 g/mol. The van der Waals surface area contributed by atoms with Crippen LogP contribution in [0.25, 0.3) is 10.2 Å². The predicted molar refractivity (Wildman–Crippen MR) is 142 cm³/mol. The van der Waals surface area contributed by atoms with Crippen molar-refractivity contribution in [2.24, 2.45) is 0 Å². The Morgan fingerprint density at radius 3 is 2.72 bits per heavy atom. The topological polar surface area (TPSA) is 97.7 Å². The Kier molecular flexibility index (Phi) is 6.27. The van der Waals surface area contributed by atoms with E-state index in [0.29, 0.717) is 23.7 Å². The highest BCUT2D eigenvalue weighted by molar-refractivity contribution is 7.21. The van der Waals surface area contributed by atoms with Crippen LogP contribution in [0, 0.1) is 0 Å². The molecule has 6 rings (SSSR count). The van der Waals surface area contributed by atoms with Crippen LogP contribution >= 0.6 is 11.3 Å². The molecule has 2 saturated heterocycles. The molecule has 3 aliphatic rings. The molecule has 2 aliphatic heterocycles. The van der Waals surface area contributed by atoms with Crippen LogP contribution < -0.4 is 10.2 Å². The molecule has 3 aromatic heterocycles. The van der Waals surface area contributed by atoms with Gasteiger partial charge in [0.05, 0.1) is 39.3 Å². The van der Waals surface area contributed by atoms with Crippen molar-refractivity contribution in [2.45, 2.75) is 50.2 Å². The molecule has 3 fully saturated rings. The highest BCUT2D eigenvalue weighted by Gasteiger charge is 2.35. The molecule has 3 aromatic rings. The zero-order valence-corrected chi connectivity index (χ0v) is 21.7. The van der Waals surface area contributed by atoms with E-state index in [4.69, 9.17) is 4.98 Å². The fourth-order valence-corrected chi connectivity index (χ4v) is 7.16. The minimum Gasteiger partial charge on any atom is -0.392 e. The number of aliphatic hydroxyl groups is 1. The van der Waals surface area contributed by atoms with E-state index in [2.05, 4.69) is 31.2 Å². The number of hydrogen-bond acceptors (Lipinski definition) is 9. The summed E-state index contributed by atoms with van der Waals surface area (Å²) in [6.45, 7) is 3.62. The van der Waals surface area contributed by atoms with E-state index in [-0.39, 0.29) is 12.0 Å². The molecule has 190 valence electrons. The lowest BCUT2D eigenvalue weighted by atomic mass is 9.96. The lowest BCUT2D eigenvalue weighted by molar-refractivity contribution is 0.0831. The van der Waals surface area contributed by atoms with Crippen molar-refractivity contribution in [1.82, 2.24) is 24.8 Å². The predicted octanol–water partition coefficient (Wildman–Crippen LogP) is 3.44. The van der Waals surface area contributed by atoms with E-state index in [1.54, 1.807) is 19.0 Å². The number of aromatic nitrogens is 3. The largest absolute Gasteiger partial charge is 0.392 e. The number of anilines is 3. The number of thiophene rings is 1. The molecule has 10 heteroatoms. The molecule has 1 aliphatic carbocycles. The van der Waals surface area contributed by atoms with Crippen molar-refractivity contribution in [3.63, 3.8) is 0 Å². The molecule has 1 saturated carbocycles. The summed E-state index contributed by atoms with van der Waals surface area (Å²) in [7, 11) is 3.60. The molecule has 36 heavy (non-hydrogen) atoms. The van der Waals surface area contributed by atoms with Crippen molar-refractivity contribution in [2.75, 3.05) is 50.5 Å². The first-order chi connectivity index (χ1) is 17.5. The maximum atomic E-state index is 13.0. The Hall–Kier alpha value is -2.82. The Morgan fingerprint density at radius 1 is 1.14 bits per heavy atom. The summed E-state index contributed by atoms with van der Waals surface area (Å²) < 4.78 is 0.951. The van der Waals surface area contributed by atoms with Gasteiger partial charge in [0.25, 0.3) is 5.91 Å². The highest BCUT2D eigenvalue weighted by Crippen LogP contribution is 2.43. The lowest BCUT2D eigenvalue weighted by Crippen LogP contribution is -2.50. The third-order valence-corrected chi connectivity index (χ3v) is 8.90. The number of carbonyl (C=O) groups excluding carboxylic acids is 1. The van der Waals surface area contributed by atoms with Gasteiger partial charge in [-0.25, -0.2) is 15.0 Å². The quantitative estimate of drug-likeness (QED) is 0.542. The Labute approximate surface area is 215 Å². The number of rotatable bonds is 5. The first-order valence-electron chi connectivity index (χ1n) is 12.9. The smallest absolute Gasteiger partial charge is 0.263 e. The summed E-state index contributed by atoms with van der Waals surface area (Å²) in [4.78, 5) is 34.2. The number of piperazine rings is 1. The minimum absolute atomic E-state index is 0.0413. The summed E-state index contributed by atoms with van der Waals surface area (Å²) in [5.74, 6) is 1.60. The van der Waals surface area contributed by atoms with Crippen molar-refractivity contribution in [3.05, 3.63) is 35.0 Å². The van der Waals surface area contributed by atoms with Crippen LogP contribution in [0.3, 0.4) is 0 Å².